The Morgan fingerprint density at radius 2 is 2.15 bits per heavy atom. The number of nitrogens with one attached hydrogen (secondary N) is 1. The number of rotatable bonds is 5. The van der Waals surface area contributed by atoms with Gasteiger partial charge in [-0.3, -0.25) is 4.79 Å². The molecule has 0 bridgehead atoms. The van der Waals surface area contributed by atoms with Crippen LogP contribution in [0.15, 0.2) is 28.8 Å². The normalized spacial score (nSPS) is 14.1. The van der Waals surface area contributed by atoms with Gasteiger partial charge < -0.3 is 14.6 Å². The van der Waals surface area contributed by atoms with E-state index in [1.54, 1.807) is 19.1 Å². The highest BCUT2D eigenvalue weighted by Crippen LogP contribution is 2.30. The first-order valence-corrected chi connectivity index (χ1v) is 6.53. The van der Waals surface area contributed by atoms with Crippen LogP contribution in [0.25, 0.3) is 0 Å². The number of hydrogen-bond donors (Lipinski definition) is 1. The van der Waals surface area contributed by atoms with Crippen molar-refractivity contribution >= 4 is 11.6 Å². The zero-order valence-corrected chi connectivity index (χ0v) is 11.1. The Kier molecular flexibility index (Phi) is 3.37. The second-order valence-corrected chi connectivity index (χ2v) is 4.81. The van der Waals surface area contributed by atoms with Crippen LogP contribution in [0.5, 0.6) is 5.75 Å². The monoisotopic (exact) mass is 273 g/mol. The zero-order valence-electron chi connectivity index (χ0n) is 11.1. The van der Waals surface area contributed by atoms with E-state index in [0.29, 0.717) is 17.5 Å². The Bertz CT molecular complexity index is 602. The lowest BCUT2D eigenvalue weighted by Gasteiger charge is -2.06. The minimum Gasteiger partial charge on any atom is -0.484 e. The molecule has 1 saturated carbocycles. The number of carbonyl (C=O) groups is 1. The Morgan fingerprint density at radius 1 is 1.40 bits per heavy atom. The van der Waals surface area contributed by atoms with Crippen molar-refractivity contribution in [3.63, 3.8) is 0 Å². The maximum atomic E-state index is 11.6. The van der Waals surface area contributed by atoms with E-state index < -0.39 is 0 Å². The van der Waals surface area contributed by atoms with Crippen molar-refractivity contribution in [2.24, 2.45) is 5.92 Å². The van der Waals surface area contributed by atoms with Gasteiger partial charge in [0.15, 0.2) is 12.4 Å². The maximum absolute atomic E-state index is 11.6. The van der Waals surface area contributed by atoms with Crippen LogP contribution in [0.4, 0.5) is 5.69 Å². The fraction of sp³-hybridized carbons (Fsp3) is 0.357. The minimum atomic E-state index is 0.0972. The molecule has 1 aromatic heterocycles. The molecule has 0 atom stereocenters. The molecule has 0 saturated heterocycles. The van der Waals surface area contributed by atoms with Crippen LogP contribution in [-0.4, -0.2) is 16.0 Å². The molecule has 0 spiro atoms. The molecule has 1 aliphatic rings. The molecule has 3 rings (SSSR count). The van der Waals surface area contributed by atoms with E-state index in [4.69, 9.17) is 9.26 Å². The summed E-state index contributed by atoms with van der Waals surface area (Å²) in [4.78, 5) is 15.7. The average Bonchev–Trinajstić information content (AvgIpc) is 3.22. The molecule has 1 heterocycles. The van der Waals surface area contributed by atoms with Gasteiger partial charge >= 0.3 is 0 Å². The average molecular weight is 273 g/mol. The number of hydrogen-bond acceptors (Lipinski definition) is 5. The second kappa shape index (κ2) is 5.32. The van der Waals surface area contributed by atoms with E-state index in [1.165, 1.54) is 0 Å². The highest BCUT2D eigenvalue weighted by atomic mass is 16.5. The van der Waals surface area contributed by atoms with Crippen LogP contribution in [0, 0.1) is 12.8 Å². The third-order valence-electron chi connectivity index (χ3n) is 3.00. The van der Waals surface area contributed by atoms with Crippen LogP contribution in [0.2, 0.25) is 0 Å². The quantitative estimate of drug-likeness (QED) is 0.904. The molecule has 1 aromatic carbocycles. The number of aryl methyl sites for hydroxylation is 1. The molecule has 20 heavy (non-hydrogen) atoms. The van der Waals surface area contributed by atoms with Crippen LogP contribution in [-0.2, 0) is 11.4 Å². The summed E-state index contributed by atoms with van der Waals surface area (Å²) in [6.07, 6.45) is 1.99. The summed E-state index contributed by atoms with van der Waals surface area (Å²) in [5.41, 5.74) is 0.780. The number of carbonyl (C=O) groups excluding carboxylic acids is 1. The van der Waals surface area contributed by atoms with E-state index in [9.17, 15) is 4.79 Å². The van der Waals surface area contributed by atoms with Crippen molar-refractivity contribution in [1.29, 1.82) is 0 Å². The van der Waals surface area contributed by atoms with Crippen molar-refractivity contribution in [3.8, 4) is 5.75 Å². The number of amides is 1. The third kappa shape index (κ3) is 3.14. The number of anilines is 1. The van der Waals surface area contributed by atoms with Gasteiger partial charge in [0.25, 0.3) is 5.89 Å². The van der Waals surface area contributed by atoms with Gasteiger partial charge in [0.05, 0.1) is 0 Å². The maximum Gasteiger partial charge on any atom is 0.264 e. The van der Waals surface area contributed by atoms with Crippen molar-refractivity contribution in [2.45, 2.75) is 26.4 Å². The van der Waals surface area contributed by atoms with Crippen molar-refractivity contribution in [1.82, 2.24) is 10.1 Å². The third-order valence-corrected chi connectivity index (χ3v) is 3.00. The highest BCUT2D eigenvalue weighted by molar-refractivity contribution is 5.94. The molecule has 1 amide bonds. The van der Waals surface area contributed by atoms with Crippen molar-refractivity contribution in [3.05, 3.63) is 36.0 Å². The Labute approximate surface area is 116 Å². The molecule has 0 aliphatic heterocycles. The molecule has 6 nitrogen and oxygen atoms in total. The fourth-order valence-electron chi connectivity index (χ4n) is 1.77. The van der Waals surface area contributed by atoms with E-state index >= 15 is 0 Å². The molecule has 0 unspecified atom stereocenters. The van der Waals surface area contributed by atoms with Gasteiger partial charge in [0, 0.05) is 11.6 Å². The first-order chi connectivity index (χ1) is 9.70. The summed E-state index contributed by atoms with van der Waals surface area (Å²) >= 11 is 0. The number of benzene rings is 1. The second-order valence-electron chi connectivity index (χ2n) is 4.81. The number of nitrogens with zero attached hydrogens (tertiary/aromatic N) is 2. The molecule has 0 radical (unpaired) electrons. The Hall–Kier alpha value is -2.37. The lowest BCUT2D eigenvalue weighted by Crippen LogP contribution is -2.13. The molecule has 1 N–H and O–H groups in total. The summed E-state index contributed by atoms with van der Waals surface area (Å²) in [5, 5.41) is 6.56. The summed E-state index contributed by atoms with van der Waals surface area (Å²) in [6.45, 7) is 1.99. The van der Waals surface area contributed by atoms with Gasteiger partial charge in [-0.1, -0.05) is 5.16 Å². The van der Waals surface area contributed by atoms with Crippen LogP contribution >= 0.6 is 0 Å². The molecule has 2 aromatic rings. The van der Waals surface area contributed by atoms with E-state index in [-0.39, 0.29) is 18.4 Å². The Morgan fingerprint density at radius 3 is 2.75 bits per heavy atom. The summed E-state index contributed by atoms with van der Waals surface area (Å²) in [5.74, 6) is 2.01. The number of aromatic nitrogens is 2. The van der Waals surface area contributed by atoms with Gasteiger partial charge in [-0.2, -0.15) is 4.98 Å². The number of ether oxygens (including phenoxy) is 1. The zero-order chi connectivity index (χ0) is 13.9. The van der Waals surface area contributed by atoms with Gasteiger partial charge in [-0.25, -0.2) is 0 Å². The molecule has 1 fully saturated rings. The predicted octanol–water partition coefficient (Wildman–Crippen LogP) is 2.31. The SMILES string of the molecule is Cc1noc(COc2ccc(NC(=O)C3CC3)cc2)n1. The topological polar surface area (TPSA) is 77.3 Å². The molecule has 1 aliphatic carbocycles. The summed E-state index contributed by atoms with van der Waals surface area (Å²) in [6, 6.07) is 7.22. The molecule has 6 heteroatoms. The fourth-order valence-corrected chi connectivity index (χ4v) is 1.77. The van der Waals surface area contributed by atoms with E-state index in [0.717, 1.165) is 18.5 Å². The lowest BCUT2D eigenvalue weighted by molar-refractivity contribution is -0.117. The summed E-state index contributed by atoms with van der Waals surface area (Å²) < 4.78 is 10.5. The summed E-state index contributed by atoms with van der Waals surface area (Å²) in [7, 11) is 0. The van der Waals surface area contributed by atoms with Gasteiger partial charge in [-0.15, -0.1) is 0 Å². The largest absolute Gasteiger partial charge is 0.484 e. The predicted molar refractivity (Wildman–Crippen MR) is 71.2 cm³/mol. The van der Waals surface area contributed by atoms with Crippen LogP contribution in [0.3, 0.4) is 0 Å². The minimum absolute atomic E-state index is 0.0972. The van der Waals surface area contributed by atoms with Gasteiger partial charge in [0.1, 0.15) is 5.75 Å². The van der Waals surface area contributed by atoms with Crippen molar-refractivity contribution in [2.75, 3.05) is 5.32 Å². The Balaban J connectivity index is 1.54. The molecular weight excluding hydrogens is 258 g/mol. The van der Waals surface area contributed by atoms with Gasteiger partial charge in [0.2, 0.25) is 5.91 Å². The standard InChI is InChI=1S/C14H15N3O3/c1-9-15-13(20-17-9)8-19-12-6-4-11(5-7-12)16-14(18)10-2-3-10/h4-7,10H,2-3,8H2,1H3,(H,16,18). The van der Waals surface area contributed by atoms with E-state index in [2.05, 4.69) is 15.5 Å². The smallest absolute Gasteiger partial charge is 0.264 e. The molecular formula is C14H15N3O3. The van der Waals surface area contributed by atoms with E-state index in [1.807, 2.05) is 12.1 Å². The van der Waals surface area contributed by atoms with Crippen LogP contribution in [0.1, 0.15) is 24.6 Å². The first kappa shape index (κ1) is 12.7. The first-order valence-electron chi connectivity index (χ1n) is 6.53. The molecule has 104 valence electrons. The van der Waals surface area contributed by atoms with Gasteiger partial charge in [-0.05, 0) is 44.0 Å². The van der Waals surface area contributed by atoms with Crippen LogP contribution < -0.4 is 10.1 Å². The lowest BCUT2D eigenvalue weighted by atomic mass is 10.3. The van der Waals surface area contributed by atoms with Crippen molar-refractivity contribution < 1.29 is 14.1 Å². The highest BCUT2D eigenvalue weighted by Gasteiger charge is 2.29.